The molecule has 0 N–H and O–H groups in total. The summed E-state index contributed by atoms with van der Waals surface area (Å²) in [6, 6.07) is 3.65. The van der Waals surface area contributed by atoms with Crippen molar-refractivity contribution >= 4 is 23.3 Å². The van der Waals surface area contributed by atoms with Gasteiger partial charge in [-0.05, 0) is 38.0 Å². The fourth-order valence-corrected chi connectivity index (χ4v) is 2.38. The number of hydrogen-bond acceptors (Lipinski definition) is 3. The molecule has 0 aliphatic carbocycles. The Hall–Kier alpha value is -2.17. The van der Waals surface area contributed by atoms with E-state index in [1.165, 1.54) is 9.80 Å². The molecule has 1 aliphatic heterocycles. The third-order valence-corrected chi connectivity index (χ3v) is 3.61. The molecule has 0 atom stereocenters. The topological polar surface area (TPSA) is 57.7 Å². The Balaban J connectivity index is 2.41. The second kappa shape index (κ2) is 5.07. The lowest BCUT2D eigenvalue weighted by atomic mass is 10.0. The second-order valence-electron chi connectivity index (χ2n) is 5.10. The van der Waals surface area contributed by atoms with E-state index in [9.17, 15) is 14.4 Å². The van der Waals surface area contributed by atoms with Crippen LogP contribution in [-0.4, -0.2) is 42.6 Å². The van der Waals surface area contributed by atoms with Gasteiger partial charge in [-0.1, -0.05) is 6.07 Å². The van der Waals surface area contributed by atoms with Crippen LogP contribution in [0.25, 0.3) is 0 Å². The molecule has 0 radical (unpaired) electrons. The highest BCUT2D eigenvalue weighted by atomic mass is 16.2. The Morgan fingerprint density at radius 2 is 1.90 bits per heavy atom. The average molecular weight is 274 g/mol. The molecule has 1 heterocycles. The van der Waals surface area contributed by atoms with Crippen LogP contribution in [0.4, 0.5) is 5.69 Å². The van der Waals surface area contributed by atoms with Crippen molar-refractivity contribution in [2.75, 3.05) is 25.0 Å². The molecule has 1 aromatic carbocycles. The van der Waals surface area contributed by atoms with E-state index in [0.29, 0.717) is 17.8 Å². The van der Waals surface area contributed by atoms with Crippen molar-refractivity contribution < 1.29 is 14.4 Å². The van der Waals surface area contributed by atoms with E-state index in [-0.39, 0.29) is 12.5 Å². The number of hydrogen-bond donors (Lipinski definition) is 0. The van der Waals surface area contributed by atoms with Crippen LogP contribution < -0.4 is 4.90 Å². The molecule has 2 amide bonds. The van der Waals surface area contributed by atoms with Crippen molar-refractivity contribution in [2.24, 2.45) is 0 Å². The molecular formula is C15H18N2O3. The van der Waals surface area contributed by atoms with E-state index in [4.69, 9.17) is 0 Å². The number of Topliss-reactive ketones (excluding diaryl/α,β-unsaturated/α-hetero) is 1. The number of nitrogens with zero attached hydrogens (tertiary/aromatic N) is 2. The number of rotatable bonds is 3. The smallest absolute Gasteiger partial charge is 0.299 e. The molecule has 0 spiro atoms. The fraction of sp³-hybridized carbons (Fsp3) is 0.400. The van der Waals surface area contributed by atoms with Gasteiger partial charge >= 0.3 is 0 Å². The Labute approximate surface area is 118 Å². The van der Waals surface area contributed by atoms with Gasteiger partial charge in [0.2, 0.25) is 5.91 Å². The van der Waals surface area contributed by atoms with Crippen LogP contribution in [0.1, 0.15) is 28.4 Å². The van der Waals surface area contributed by atoms with Gasteiger partial charge in [-0.15, -0.1) is 0 Å². The minimum Gasteiger partial charge on any atom is -0.344 e. The minimum atomic E-state index is -0.619. The Kier molecular flexibility index (Phi) is 3.61. The van der Waals surface area contributed by atoms with Crippen molar-refractivity contribution in [3.63, 3.8) is 0 Å². The van der Waals surface area contributed by atoms with Gasteiger partial charge in [-0.3, -0.25) is 19.3 Å². The molecule has 5 nitrogen and oxygen atoms in total. The molecule has 20 heavy (non-hydrogen) atoms. The predicted octanol–water partition coefficient (Wildman–Crippen LogP) is 1.31. The molecule has 1 aromatic rings. The van der Waals surface area contributed by atoms with Gasteiger partial charge < -0.3 is 4.90 Å². The zero-order valence-electron chi connectivity index (χ0n) is 12.2. The summed E-state index contributed by atoms with van der Waals surface area (Å²) < 4.78 is 0. The second-order valence-corrected chi connectivity index (χ2v) is 5.10. The van der Waals surface area contributed by atoms with Crippen molar-refractivity contribution in [1.82, 2.24) is 4.90 Å². The van der Waals surface area contributed by atoms with Crippen LogP contribution in [0.2, 0.25) is 0 Å². The number of fused-ring (bicyclic) bond motifs is 1. The van der Waals surface area contributed by atoms with Gasteiger partial charge in [0.15, 0.2) is 0 Å². The molecular weight excluding hydrogens is 256 g/mol. The molecule has 0 bridgehead atoms. The fourth-order valence-electron chi connectivity index (χ4n) is 2.38. The molecule has 2 rings (SSSR count). The summed E-state index contributed by atoms with van der Waals surface area (Å²) in [6.45, 7) is 6.04. The zero-order chi connectivity index (χ0) is 15.0. The van der Waals surface area contributed by atoms with Gasteiger partial charge in [-0.2, -0.15) is 0 Å². The van der Waals surface area contributed by atoms with E-state index < -0.39 is 11.7 Å². The molecule has 1 aliphatic rings. The zero-order valence-corrected chi connectivity index (χ0v) is 12.2. The first-order chi connectivity index (χ1) is 9.36. The number of likely N-dealkylation sites (N-methyl/N-ethyl adjacent to an activating group) is 1. The third kappa shape index (κ3) is 2.19. The Morgan fingerprint density at radius 1 is 1.25 bits per heavy atom. The summed E-state index contributed by atoms with van der Waals surface area (Å²) >= 11 is 0. The normalized spacial score (nSPS) is 13.7. The highest BCUT2D eigenvalue weighted by molar-refractivity contribution is 6.53. The number of carbonyl (C=O) groups is 3. The molecule has 0 saturated carbocycles. The minimum absolute atomic E-state index is 0.0925. The molecule has 0 saturated heterocycles. The van der Waals surface area contributed by atoms with Gasteiger partial charge in [0.25, 0.3) is 11.7 Å². The first-order valence-electron chi connectivity index (χ1n) is 6.58. The number of carbonyl (C=O) groups excluding carboxylic acids is 3. The first kappa shape index (κ1) is 14.2. The summed E-state index contributed by atoms with van der Waals surface area (Å²) in [5.41, 5.74) is 2.71. The monoisotopic (exact) mass is 274 g/mol. The number of aryl methyl sites for hydroxylation is 2. The van der Waals surface area contributed by atoms with Crippen molar-refractivity contribution in [2.45, 2.75) is 20.8 Å². The molecule has 0 unspecified atom stereocenters. The number of anilines is 1. The lowest BCUT2D eigenvalue weighted by molar-refractivity contribution is -0.129. The van der Waals surface area contributed by atoms with Crippen LogP contribution in [-0.2, 0) is 9.59 Å². The molecule has 106 valence electrons. The summed E-state index contributed by atoms with van der Waals surface area (Å²) in [5.74, 6) is -1.32. The van der Waals surface area contributed by atoms with Crippen molar-refractivity contribution in [1.29, 1.82) is 0 Å². The first-order valence-corrected chi connectivity index (χ1v) is 6.58. The number of amides is 2. The maximum atomic E-state index is 12.1. The highest BCUT2D eigenvalue weighted by Crippen LogP contribution is 2.32. The largest absolute Gasteiger partial charge is 0.344 e. The van der Waals surface area contributed by atoms with Crippen molar-refractivity contribution in [3.8, 4) is 0 Å². The summed E-state index contributed by atoms with van der Waals surface area (Å²) in [7, 11) is 1.67. The lowest BCUT2D eigenvalue weighted by Gasteiger charge is -2.21. The summed E-state index contributed by atoms with van der Waals surface area (Å²) in [5, 5.41) is 0. The van der Waals surface area contributed by atoms with Gasteiger partial charge in [0.1, 0.15) is 6.54 Å². The van der Waals surface area contributed by atoms with Crippen LogP contribution >= 0.6 is 0 Å². The third-order valence-electron chi connectivity index (χ3n) is 3.61. The van der Waals surface area contributed by atoms with E-state index >= 15 is 0 Å². The maximum absolute atomic E-state index is 12.1. The number of benzene rings is 1. The van der Waals surface area contributed by atoms with E-state index in [1.54, 1.807) is 20.0 Å². The van der Waals surface area contributed by atoms with E-state index in [0.717, 1.165) is 11.1 Å². The van der Waals surface area contributed by atoms with Gasteiger partial charge in [-0.25, -0.2) is 0 Å². The summed E-state index contributed by atoms with van der Waals surface area (Å²) in [4.78, 5) is 38.9. The van der Waals surface area contributed by atoms with Gasteiger partial charge in [0, 0.05) is 13.6 Å². The quantitative estimate of drug-likeness (QED) is 0.781. The van der Waals surface area contributed by atoms with E-state index in [2.05, 4.69) is 0 Å². The van der Waals surface area contributed by atoms with Crippen LogP contribution in [0.5, 0.6) is 0 Å². The lowest BCUT2D eigenvalue weighted by Crippen LogP contribution is -2.40. The SMILES string of the molecule is CCN(C)C(=O)CN1C(=O)C(=O)c2c(C)cc(C)cc21. The Bertz CT molecular complexity index is 607. The van der Waals surface area contributed by atoms with Gasteiger partial charge in [0.05, 0.1) is 11.3 Å². The molecule has 0 fully saturated rings. The molecule has 5 heteroatoms. The van der Waals surface area contributed by atoms with Crippen LogP contribution in [0, 0.1) is 13.8 Å². The average Bonchev–Trinajstić information content (AvgIpc) is 2.62. The number of ketones is 1. The standard InChI is InChI=1S/C15H18N2O3/c1-5-16(4)12(18)8-17-11-7-9(2)6-10(3)13(11)14(19)15(17)20/h6-7H,5,8H2,1-4H3. The summed E-state index contributed by atoms with van der Waals surface area (Å²) in [6.07, 6.45) is 0. The molecule has 0 aromatic heterocycles. The van der Waals surface area contributed by atoms with Crippen molar-refractivity contribution in [3.05, 3.63) is 28.8 Å². The highest BCUT2D eigenvalue weighted by Gasteiger charge is 2.38. The Morgan fingerprint density at radius 3 is 2.50 bits per heavy atom. The van der Waals surface area contributed by atoms with Crippen LogP contribution in [0.3, 0.4) is 0 Å². The maximum Gasteiger partial charge on any atom is 0.299 e. The van der Waals surface area contributed by atoms with Crippen LogP contribution in [0.15, 0.2) is 12.1 Å². The predicted molar refractivity (Wildman–Crippen MR) is 75.9 cm³/mol. The van der Waals surface area contributed by atoms with E-state index in [1.807, 2.05) is 19.9 Å².